The van der Waals surface area contributed by atoms with Crippen molar-refractivity contribution < 1.29 is 14.4 Å². The van der Waals surface area contributed by atoms with E-state index in [0.717, 1.165) is 11.1 Å². The number of halogens is 1. The van der Waals surface area contributed by atoms with Crippen molar-refractivity contribution in [3.63, 3.8) is 0 Å². The maximum atomic E-state index is 12.0. The highest BCUT2D eigenvalue weighted by molar-refractivity contribution is 6.33. The van der Waals surface area contributed by atoms with Crippen LogP contribution in [0, 0.1) is 12.3 Å². The van der Waals surface area contributed by atoms with Crippen molar-refractivity contribution >= 4 is 29.4 Å². The van der Waals surface area contributed by atoms with Crippen molar-refractivity contribution in [3.8, 4) is 18.1 Å². The third-order valence-electron chi connectivity index (χ3n) is 3.32. The minimum atomic E-state index is -0.502. The number of hydrogen-bond donors (Lipinski definition) is 0. The molecule has 2 aromatic rings. The molecular weight excluding hydrogens is 326 g/mol. The van der Waals surface area contributed by atoms with E-state index >= 15 is 0 Å². The van der Waals surface area contributed by atoms with Gasteiger partial charge < -0.3 is 9.57 Å². The number of benzene rings is 2. The molecule has 1 aliphatic heterocycles. The zero-order valence-corrected chi connectivity index (χ0v) is 13.3. The fraction of sp³-hybridized carbons (Fsp3) is 0.0526. The molecule has 1 heterocycles. The number of hydrogen-bond acceptors (Lipinski definition) is 4. The highest BCUT2D eigenvalue weighted by atomic mass is 35.5. The first kappa shape index (κ1) is 15.9. The molecule has 0 bridgehead atoms. The van der Waals surface area contributed by atoms with Crippen LogP contribution in [0.15, 0.2) is 59.3 Å². The van der Waals surface area contributed by atoms with Gasteiger partial charge in [-0.05, 0) is 23.8 Å². The van der Waals surface area contributed by atoms with Gasteiger partial charge >= 0.3 is 5.97 Å². The molecule has 0 radical (unpaired) electrons. The Bertz CT molecular complexity index is 879. The van der Waals surface area contributed by atoms with Crippen molar-refractivity contribution in [1.29, 1.82) is 0 Å². The largest absolute Gasteiger partial charge is 0.479 e. The van der Waals surface area contributed by atoms with Crippen LogP contribution in [-0.4, -0.2) is 18.3 Å². The Balaban J connectivity index is 1.92. The molecule has 0 amide bonds. The van der Waals surface area contributed by atoms with Gasteiger partial charge in [0.2, 0.25) is 0 Å². The second kappa shape index (κ2) is 7.03. The van der Waals surface area contributed by atoms with E-state index in [2.05, 4.69) is 11.1 Å². The fourth-order valence-corrected chi connectivity index (χ4v) is 2.47. The van der Waals surface area contributed by atoms with Crippen LogP contribution >= 0.6 is 11.6 Å². The molecule has 0 saturated carbocycles. The summed E-state index contributed by atoms with van der Waals surface area (Å²) >= 11 is 6.17. The predicted octanol–water partition coefficient (Wildman–Crippen LogP) is 3.70. The van der Waals surface area contributed by atoms with Gasteiger partial charge in [0.1, 0.15) is 18.1 Å². The molecule has 0 aromatic heterocycles. The summed E-state index contributed by atoms with van der Waals surface area (Å²) in [5.74, 6) is 2.36. The zero-order chi connectivity index (χ0) is 16.9. The molecular formula is C19H12ClNO3. The van der Waals surface area contributed by atoms with Crippen molar-refractivity contribution in [2.75, 3.05) is 6.61 Å². The summed E-state index contributed by atoms with van der Waals surface area (Å²) in [6, 6.07) is 14.5. The van der Waals surface area contributed by atoms with E-state index in [-0.39, 0.29) is 6.61 Å². The van der Waals surface area contributed by atoms with Crippen LogP contribution in [0.4, 0.5) is 0 Å². The highest BCUT2D eigenvalue weighted by Crippen LogP contribution is 2.28. The van der Waals surface area contributed by atoms with Crippen LogP contribution in [0.2, 0.25) is 5.02 Å². The first-order valence-electron chi connectivity index (χ1n) is 7.11. The van der Waals surface area contributed by atoms with Gasteiger partial charge in [-0.3, -0.25) is 0 Å². The molecule has 0 atom stereocenters. The summed E-state index contributed by atoms with van der Waals surface area (Å²) < 4.78 is 5.32. The number of rotatable bonds is 4. The Morgan fingerprint density at radius 2 is 2.04 bits per heavy atom. The molecule has 24 heavy (non-hydrogen) atoms. The van der Waals surface area contributed by atoms with Crippen molar-refractivity contribution in [1.82, 2.24) is 0 Å². The summed E-state index contributed by atoms with van der Waals surface area (Å²) in [7, 11) is 0. The number of oxime groups is 1. The first-order valence-corrected chi connectivity index (χ1v) is 7.49. The maximum absolute atomic E-state index is 12.0. The summed E-state index contributed by atoms with van der Waals surface area (Å²) in [5.41, 5.74) is 2.39. The molecule has 0 spiro atoms. The van der Waals surface area contributed by atoms with Crippen molar-refractivity contribution in [3.05, 3.63) is 70.3 Å². The number of terminal acetylenes is 1. The van der Waals surface area contributed by atoms with E-state index in [4.69, 9.17) is 27.6 Å². The average molecular weight is 338 g/mol. The minimum Gasteiger partial charge on any atom is -0.479 e. The van der Waals surface area contributed by atoms with E-state index in [1.807, 2.05) is 30.3 Å². The van der Waals surface area contributed by atoms with Crippen LogP contribution in [0.25, 0.3) is 6.08 Å². The van der Waals surface area contributed by atoms with Gasteiger partial charge in [-0.25, -0.2) is 4.79 Å². The molecule has 1 aliphatic rings. The molecule has 0 saturated heterocycles. The SMILES string of the molecule is C#CCOc1ccc(/C=C2\C(=O)ON=C2c2ccccc2)cc1Cl. The number of carbonyl (C=O) groups excluding carboxylic acids is 1. The summed E-state index contributed by atoms with van der Waals surface area (Å²) in [6.07, 6.45) is 6.84. The monoisotopic (exact) mass is 337 g/mol. The topological polar surface area (TPSA) is 47.9 Å². The minimum absolute atomic E-state index is 0.136. The lowest BCUT2D eigenvalue weighted by Crippen LogP contribution is -2.06. The Kier molecular flexibility index (Phi) is 4.64. The number of carbonyl (C=O) groups is 1. The van der Waals surface area contributed by atoms with Gasteiger partial charge in [0.05, 0.1) is 10.6 Å². The normalized spacial score (nSPS) is 14.9. The average Bonchev–Trinajstić information content (AvgIpc) is 2.96. The van der Waals surface area contributed by atoms with Crippen LogP contribution in [-0.2, 0) is 9.63 Å². The van der Waals surface area contributed by atoms with Crippen LogP contribution in [0.1, 0.15) is 11.1 Å². The molecule has 2 aromatic carbocycles. The fourth-order valence-electron chi connectivity index (χ4n) is 2.22. The Morgan fingerprint density at radius 1 is 1.25 bits per heavy atom. The summed E-state index contributed by atoms with van der Waals surface area (Å²) in [4.78, 5) is 16.8. The molecule has 118 valence electrons. The molecule has 4 nitrogen and oxygen atoms in total. The van der Waals surface area contributed by atoms with E-state index in [1.54, 1.807) is 24.3 Å². The Morgan fingerprint density at radius 3 is 2.75 bits per heavy atom. The van der Waals surface area contributed by atoms with E-state index < -0.39 is 5.97 Å². The Hall–Kier alpha value is -3.03. The van der Waals surface area contributed by atoms with Crippen LogP contribution in [0.3, 0.4) is 0 Å². The lowest BCUT2D eigenvalue weighted by Gasteiger charge is -2.06. The molecule has 0 aliphatic carbocycles. The third kappa shape index (κ3) is 3.32. The van der Waals surface area contributed by atoms with Crippen LogP contribution < -0.4 is 4.74 Å². The lowest BCUT2D eigenvalue weighted by atomic mass is 10.0. The van der Waals surface area contributed by atoms with Crippen LogP contribution in [0.5, 0.6) is 5.75 Å². The quantitative estimate of drug-likeness (QED) is 0.485. The summed E-state index contributed by atoms with van der Waals surface area (Å²) in [6.45, 7) is 0.136. The third-order valence-corrected chi connectivity index (χ3v) is 3.62. The van der Waals surface area contributed by atoms with E-state index in [9.17, 15) is 4.79 Å². The Labute approximate surface area is 144 Å². The van der Waals surface area contributed by atoms with Crippen molar-refractivity contribution in [2.45, 2.75) is 0 Å². The predicted molar refractivity (Wildman–Crippen MR) is 92.8 cm³/mol. The zero-order valence-electron chi connectivity index (χ0n) is 12.5. The van der Waals surface area contributed by atoms with Crippen molar-refractivity contribution in [2.24, 2.45) is 5.16 Å². The van der Waals surface area contributed by atoms with Gasteiger partial charge in [-0.2, -0.15) is 0 Å². The standard InChI is InChI=1S/C19H12ClNO3/c1-2-10-23-17-9-8-13(12-16(17)20)11-15-18(21-24-19(15)22)14-6-4-3-5-7-14/h1,3-9,11-12H,10H2/b15-11-. The van der Waals surface area contributed by atoms with Gasteiger partial charge in [-0.1, -0.05) is 59.1 Å². The van der Waals surface area contributed by atoms with Gasteiger partial charge in [0, 0.05) is 5.56 Å². The maximum Gasteiger partial charge on any atom is 0.368 e. The molecule has 0 fully saturated rings. The summed E-state index contributed by atoms with van der Waals surface area (Å²) in [5, 5.41) is 4.27. The molecule has 5 heteroatoms. The molecule has 3 rings (SSSR count). The number of ether oxygens (including phenoxy) is 1. The highest BCUT2D eigenvalue weighted by Gasteiger charge is 2.26. The smallest absolute Gasteiger partial charge is 0.368 e. The van der Waals surface area contributed by atoms with E-state index in [1.165, 1.54) is 0 Å². The first-order chi connectivity index (χ1) is 11.7. The van der Waals surface area contributed by atoms with Gasteiger partial charge in [0.15, 0.2) is 0 Å². The molecule has 0 N–H and O–H groups in total. The second-order valence-electron chi connectivity index (χ2n) is 4.93. The molecule has 0 unspecified atom stereocenters. The number of nitrogens with zero attached hydrogens (tertiary/aromatic N) is 1. The lowest BCUT2D eigenvalue weighted by molar-refractivity contribution is -0.136. The van der Waals surface area contributed by atoms with E-state index in [0.29, 0.717) is 22.1 Å². The van der Waals surface area contributed by atoms with Gasteiger partial charge in [-0.15, -0.1) is 6.42 Å². The second-order valence-corrected chi connectivity index (χ2v) is 5.33. The van der Waals surface area contributed by atoms with Gasteiger partial charge in [0.25, 0.3) is 0 Å².